The van der Waals surface area contributed by atoms with Crippen molar-refractivity contribution in [2.75, 3.05) is 5.32 Å². The molecule has 2 rings (SSSR count). The topological polar surface area (TPSA) is 29.1 Å². The van der Waals surface area contributed by atoms with Gasteiger partial charge in [-0.15, -0.1) is 0 Å². The van der Waals surface area contributed by atoms with Crippen LogP contribution < -0.4 is 5.32 Å². The largest absolute Gasteiger partial charge is 0.382 e. The van der Waals surface area contributed by atoms with E-state index in [0.29, 0.717) is 16.1 Å². The van der Waals surface area contributed by atoms with Gasteiger partial charge in [-0.2, -0.15) is 0 Å². The number of nitrogens with one attached hydrogen (secondary N) is 1. The van der Waals surface area contributed by atoms with Gasteiger partial charge in [-0.05, 0) is 50.2 Å². The zero-order chi connectivity index (χ0) is 13.8. The predicted molar refractivity (Wildman–Crippen MR) is 80.1 cm³/mol. The number of anilines is 1. The summed E-state index contributed by atoms with van der Waals surface area (Å²) in [7, 11) is 0. The van der Waals surface area contributed by atoms with Crippen LogP contribution in [0, 0.1) is 0 Å². The second kappa shape index (κ2) is 5.89. The van der Waals surface area contributed by atoms with E-state index in [1.165, 1.54) is 0 Å². The van der Waals surface area contributed by atoms with E-state index < -0.39 is 0 Å². The lowest BCUT2D eigenvalue weighted by Crippen LogP contribution is -2.13. The summed E-state index contributed by atoms with van der Waals surface area (Å²) in [6.07, 6.45) is 0. The Kier molecular flexibility index (Phi) is 4.23. The molecule has 2 nitrogen and oxygen atoms in total. The van der Waals surface area contributed by atoms with Crippen LogP contribution in [0.5, 0.6) is 0 Å². The maximum absolute atomic E-state index is 12.5. The molecule has 0 amide bonds. The molecule has 0 aliphatic heterocycles. The van der Waals surface area contributed by atoms with Crippen LogP contribution in [0.2, 0.25) is 5.02 Å². The molecule has 0 saturated heterocycles. The molecular formula is C16H16ClNO. The zero-order valence-electron chi connectivity index (χ0n) is 11.0. The maximum Gasteiger partial charge on any atom is 0.195 e. The van der Waals surface area contributed by atoms with Crippen molar-refractivity contribution in [1.29, 1.82) is 0 Å². The fraction of sp³-hybridized carbons (Fsp3) is 0.188. The van der Waals surface area contributed by atoms with Crippen LogP contribution in [0.15, 0.2) is 48.5 Å². The van der Waals surface area contributed by atoms with Crippen LogP contribution in [-0.4, -0.2) is 11.8 Å². The molecule has 0 bridgehead atoms. The summed E-state index contributed by atoms with van der Waals surface area (Å²) in [4.78, 5) is 12.5. The predicted octanol–water partition coefficient (Wildman–Crippen LogP) is 4.39. The number of carbonyl (C=O) groups is 1. The first-order chi connectivity index (χ1) is 9.08. The number of rotatable bonds is 4. The Bertz CT molecular complexity index is 576. The second-order valence-electron chi connectivity index (χ2n) is 4.68. The van der Waals surface area contributed by atoms with E-state index in [1.54, 1.807) is 24.3 Å². The summed E-state index contributed by atoms with van der Waals surface area (Å²) in [5.74, 6) is 0.000386. The van der Waals surface area contributed by atoms with Crippen molar-refractivity contribution in [2.45, 2.75) is 19.9 Å². The quantitative estimate of drug-likeness (QED) is 0.837. The van der Waals surface area contributed by atoms with Crippen LogP contribution in [0.1, 0.15) is 29.8 Å². The number of carbonyl (C=O) groups excluding carboxylic acids is 1. The third kappa shape index (κ3) is 3.36. The Hall–Kier alpha value is -1.80. The van der Waals surface area contributed by atoms with E-state index in [0.717, 1.165) is 5.69 Å². The van der Waals surface area contributed by atoms with Crippen LogP contribution >= 0.6 is 11.6 Å². The molecule has 3 heteroatoms. The van der Waals surface area contributed by atoms with Crippen molar-refractivity contribution in [2.24, 2.45) is 0 Å². The van der Waals surface area contributed by atoms with Gasteiger partial charge in [0, 0.05) is 27.9 Å². The molecule has 98 valence electrons. The Balaban J connectivity index is 2.35. The summed E-state index contributed by atoms with van der Waals surface area (Å²) < 4.78 is 0. The average Bonchev–Trinajstić information content (AvgIpc) is 2.39. The number of benzene rings is 2. The molecule has 0 spiro atoms. The first-order valence-corrected chi connectivity index (χ1v) is 6.61. The highest BCUT2D eigenvalue weighted by molar-refractivity contribution is 6.30. The summed E-state index contributed by atoms with van der Waals surface area (Å²) in [5, 5.41) is 3.92. The van der Waals surface area contributed by atoms with Gasteiger partial charge in [0.05, 0.1) is 0 Å². The number of hydrogen-bond donors (Lipinski definition) is 1. The highest BCUT2D eigenvalue weighted by atomic mass is 35.5. The van der Waals surface area contributed by atoms with E-state index >= 15 is 0 Å². The molecule has 0 aliphatic rings. The molecule has 0 radical (unpaired) electrons. The van der Waals surface area contributed by atoms with Crippen LogP contribution in [0.3, 0.4) is 0 Å². The van der Waals surface area contributed by atoms with Crippen molar-refractivity contribution >= 4 is 23.1 Å². The average molecular weight is 274 g/mol. The normalized spacial score (nSPS) is 10.5. The number of para-hydroxylation sites is 1. The van der Waals surface area contributed by atoms with Gasteiger partial charge in [0.15, 0.2) is 5.78 Å². The number of ketones is 1. The highest BCUT2D eigenvalue weighted by Crippen LogP contribution is 2.21. The molecule has 19 heavy (non-hydrogen) atoms. The number of hydrogen-bond acceptors (Lipinski definition) is 2. The molecule has 2 aromatic rings. The van der Waals surface area contributed by atoms with Gasteiger partial charge in [0.1, 0.15) is 0 Å². The Morgan fingerprint density at radius 3 is 2.32 bits per heavy atom. The summed E-state index contributed by atoms with van der Waals surface area (Å²) >= 11 is 5.84. The molecule has 0 saturated carbocycles. The van der Waals surface area contributed by atoms with Gasteiger partial charge in [0.2, 0.25) is 0 Å². The zero-order valence-corrected chi connectivity index (χ0v) is 11.7. The minimum absolute atomic E-state index is 0.000386. The van der Waals surface area contributed by atoms with E-state index in [9.17, 15) is 4.79 Å². The summed E-state index contributed by atoms with van der Waals surface area (Å²) in [6.45, 7) is 4.09. The van der Waals surface area contributed by atoms with Crippen molar-refractivity contribution in [3.05, 3.63) is 64.7 Å². The molecule has 0 fully saturated rings. The minimum Gasteiger partial charge on any atom is -0.382 e. The lowest BCUT2D eigenvalue weighted by atomic mass is 10.0. The Morgan fingerprint density at radius 2 is 1.68 bits per heavy atom. The van der Waals surface area contributed by atoms with Gasteiger partial charge < -0.3 is 5.32 Å². The monoisotopic (exact) mass is 273 g/mol. The van der Waals surface area contributed by atoms with Gasteiger partial charge in [0.25, 0.3) is 0 Å². The van der Waals surface area contributed by atoms with Crippen LogP contribution in [0.4, 0.5) is 5.69 Å². The van der Waals surface area contributed by atoms with Crippen LogP contribution in [0.25, 0.3) is 0 Å². The highest BCUT2D eigenvalue weighted by Gasteiger charge is 2.13. The standard InChI is InChI=1S/C16H16ClNO/c1-11(2)18-15-6-4-3-5-14(15)16(19)12-7-9-13(17)10-8-12/h3-11,18H,1-2H3. The molecule has 0 heterocycles. The van der Waals surface area contributed by atoms with Gasteiger partial charge in [-0.1, -0.05) is 23.7 Å². The Morgan fingerprint density at radius 1 is 1.05 bits per heavy atom. The second-order valence-corrected chi connectivity index (χ2v) is 5.12. The molecule has 0 aromatic heterocycles. The van der Waals surface area contributed by atoms with Crippen molar-refractivity contribution in [3.8, 4) is 0 Å². The van der Waals surface area contributed by atoms with Crippen molar-refractivity contribution < 1.29 is 4.79 Å². The van der Waals surface area contributed by atoms with E-state index in [1.807, 2.05) is 38.1 Å². The minimum atomic E-state index is 0.000386. The van der Waals surface area contributed by atoms with Gasteiger partial charge in [-0.3, -0.25) is 4.79 Å². The first-order valence-electron chi connectivity index (χ1n) is 6.24. The SMILES string of the molecule is CC(C)Nc1ccccc1C(=O)c1ccc(Cl)cc1. The fourth-order valence-corrected chi connectivity index (χ4v) is 2.00. The van der Waals surface area contributed by atoms with E-state index in [-0.39, 0.29) is 11.8 Å². The lowest BCUT2D eigenvalue weighted by Gasteiger charge is -2.14. The molecule has 0 atom stereocenters. The molecule has 2 aromatic carbocycles. The smallest absolute Gasteiger partial charge is 0.195 e. The number of halogens is 1. The third-order valence-corrected chi connectivity index (χ3v) is 2.97. The van der Waals surface area contributed by atoms with Gasteiger partial charge >= 0.3 is 0 Å². The lowest BCUT2D eigenvalue weighted by molar-refractivity contribution is 0.103. The molecule has 0 unspecified atom stereocenters. The maximum atomic E-state index is 12.5. The summed E-state index contributed by atoms with van der Waals surface area (Å²) in [6, 6.07) is 14.8. The Labute approximate surface area is 118 Å². The first kappa shape index (κ1) is 13.6. The fourth-order valence-electron chi connectivity index (χ4n) is 1.87. The molecule has 0 aliphatic carbocycles. The van der Waals surface area contributed by atoms with Crippen LogP contribution in [-0.2, 0) is 0 Å². The molecule has 1 N–H and O–H groups in total. The third-order valence-electron chi connectivity index (χ3n) is 2.72. The van der Waals surface area contributed by atoms with Crippen molar-refractivity contribution in [3.63, 3.8) is 0 Å². The van der Waals surface area contributed by atoms with E-state index in [2.05, 4.69) is 5.32 Å². The van der Waals surface area contributed by atoms with Crippen molar-refractivity contribution in [1.82, 2.24) is 0 Å². The van der Waals surface area contributed by atoms with Gasteiger partial charge in [-0.25, -0.2) is 0 Å². The molecular weight excluding hydrogens is 258 g/mol. The van der Waals surface area contributed by atoms with E-state index in [4.69, 9.17) is 11.6 Å². The summed E-state index contributed by atoms with van der Waals surface area (Å²) in [5.41, 5.74) is 2.18.